The van der Waals surface area contributed by atoms with Crippen LogP contribution in [-0.4, -0.2) is 0 Å². The van der Waals surface area contributed by atoms with Crippen molar-refractivity contribution in [1.82, 2.24) is 0 Å². The Kier molecular flexibility index (Phi) is 5.85. The number of benzene rings is 9. The Morgan fingerprint density at radius 3 is 1.51 bits per heavy atom. The average Bonchev–Trinajstić information content (AvgIpc) is 3.53. The predicted molar refractivity (Wildman–Crippen MR) is 206 cm³/mol. The van der Waals surface area contributed by atoms with Crippen LogP contribution in [0.5, 0.6) is 0 Å². The van der Waals surface area contributed by atoms with E-state index in [1.165, 1.54) is 96.6 Å². The second-order valence-electron chi connectivity index (χ2n) is 12.4. The van der Waals surface area contributed by atoms with Gasteiger partial charge in [0.1, 0.15) is 0 Å². The Bertz CT molecular complexity index is 2780. The first-order valence-corrected chi connectivity index (χ1v) is 17.0. The zero-order valence-corrected chi connectivity index (χ0v) is 26.4. The first-order chi connectivity index (χ1) is 23.3. The molecule has 218 valence electrons. The monoisotopic (exact) mass is 612 g/mol. The fourth-order valence-corrected chi connectivity index (χ4v) is 8.95. The SMILES string of the molecule is c1ccc2c(c1)cc(-c1c3ccccc3c(-c3ccc(-c4cccc5sc6ccccc6c45)cc3)c3ccccc13)c1ccccc12. The molecule has 0 saturated carbocycles. The lowest BCUT2D eigenvalue weighted by atomic mass is 9.83. The zero-order valence-electron chi connectivity index (χ0n) is 25.6. The maximum Gasteiger partial charge on any atom is 0.0361 e. The van der Waals surface area contributed by atoms with Crippen molar-refractivity contribution in [2.45, 2.75) is 0 Å². The van der Waals surface area contributed by atoms with Crippen LogP contribution in [0.2, 0.25) is 0 Å². The summed E-state index contributed by atoms with van der Waals surface area (Å²) in [5, 5.41) is 12.9. The lowest BCUT2D eigenvalue weighted by molar-refractivity contribution is 1.64. The molecule has 0 atom stereocenters. The molecule has 10 aromatic rings. The van der Waals surface area contributed by atoms with E-state index in [-0.39, 0.29) is 0 Å². The van der Waals surface area contributed by atoms with E-state index in [1.807, 2.05) is 11.3 Å². The summed E-state index contributed by atoms with van der Waals surface area (Å²) in [6.07, 6.45) is 0. The van der Waals surface area contributed by atoms with Gasteiger partial charge in [0.25, 0.3) is 0 Å². The number of fused-ring (bicyclic) bond motifs is 8. The summed E-state index contributed by atoms with van der Waals surface area (Å²) in [5.41, 5.74) is 7.64. The van der Waals surface area contributed by atoms with E-state index in [1.54, 1.807) is 0 Å². The van der Waals surface area contributed by atoms with Gasteiger partial charge in [-0.1, -0.05) is 152 Å². The summed E-state index contributed by atoms with van der Waals surface area (Å²) < 4.78 is 2.67. The molecule has 0 spiro atoms. The second-order valence-corrected chi connectivity index (χ2v) is 13.5. The smallest absolute Gasteiger partial charge is 0.0361 e. The highest BCUT2D eigenvalue weighted by Gasteiger charge is 2.19. The highest BCUT2D eigenvalue weighted by Crippen LogP contribution is 2.47. The summed E-state index contributed by atoms with van der Waals surface area (Å²) in [6.45, 7) is 0. The molecular weight excluding hydrogens is 585 g/mol. The van der Waals surface area contributed by atoms with Gasteiger partial charge < -0.3 is 0 Å². The molecular formula is C46H28S. The first kappa shape index (κ1) is 26.5. The third kappa shape index (κ3) is 4.00. The summed E-state index contributed by atoms with van der Waals surface area (Å²) in [4.78, 5) is 0. The Morgan fingerprint density at radius 2 is 0.809 bits per heavy atom. The van der Waals surface area contributed by atoms with E-state index >= 15 is 0 Å². The summed E-state index contributed by atoms with van der Waals surface area (Å²) in [5.74, 6) is 0. The Morgan fingerprint density at radius 1 is 0.298 bits per heavy atom. The average molecular weight is 613 g/mol. The Balaban J connectivity index is 1.23. The molecule has 0 unspecified atom stereocenters. The van der Waals surface area contributed by atoms with Crippen molar-refractivity contribution in [3.05, 3.63) is 170 Å². The molecule has 1 heterocycles. The molecule has 0 N–H and O–H groups in total. The van der Waals surface area contributed by atoms with Gasteiger partial charge in [0, 0.05) is 20.2 Å². The van der Waals surface area contributed by atoms with Crippen molar-refractivity contribution in [2.24, 2.45) is 0 Å². The van der Waals surface area contributed by atoms with Gasteiger partial charge in [-0.25, -0.2) is 0 Å². The van der Waals surface area contributed by atoms with E-state index in [2.05, 4.69) is 170 Å². The Hall–Kier alpha value is -5.76. The molecule has 0 amide bonds. The number of thiophene rings is 1. The van der Waals surface area contributed by atoms with Gasteiger partial charge in [-0.05, 0) is 94.7 Å². The molecule has 0 radical (unpaired) electrons. The molecule has 0 aliphatic rings. The minimum atomic E-state index is 1.23. The molecule has 0 bridgehead atoms. The van der Waals surface area contributed by atoms with Crippen molar-refractivity contribution in [3.63, 3.8) is 0 Å². The quantitative estimate of drug-likeness (QED) is 0.138. The highest BCUT2D eigenvalue weighted by molar-refractivity contribution is 7.25. The van der Waals surface area contributed by atoms with E-state index in [9.17, 15) is 0 Å². The van der Waals surface area contributed by atoms with Gasteiger partial charge in [-0.15, -0.1) is 11.3 Å². The minimum absolute atomic E-state index is 1.23. The number of rotatable bonds is 3. The standard InChI is InChI=1S/C46H28S/c1-2-13-32-31(12-1)28-41(35-15-4-3-14-34(32)35)45-38-18-7-5-16-36(38)44(37-17-6-8-19-39(37)45)30-26-24-29(25-27-30)33-21-11-23-43-46(33)40-20-9-10-22-42(40)47-43/h1-28H. The maximum atomic E-state index is 2.40. The van der Waals surface area contributed by atoms with Gasteiger partial charge in [-0.2, -0.15) is 0 Å². The van der Waals surface area contributed by atoms with Crippen LogP contribution in [0.1, 0.15) is 0 Å². The van der Waals surface area contributed by atoms with Crippen LogP contribution in [0.15, 0.2) is 170 Å². The van der Waals surface area contributed by atoms with Gasteiger partial charge >= 0.3 is 0 Å². The van der Waals surface area contributed by atoms with Crippen LogP contribution in [0.4, 0.5) is 0 Å². The summed E-state index contributed by atoms with van der Waals surface area (Å²) >= 11 is 1.87. The van der Waals surface area contributed by atoms with Crippen molar-refractivity contribution in [2.75, 3.05) is 0 Å². The topological polar surface area (TPSA) is 0 Å². The van der Waals surface area contributed by atoms with Gasteiger partial charge in [0.05, 0.1) is 0 Å². The fourth-order valence-electron chi connectivity index (χ4n) is 7.82. The number of hydrogen-bond acceptors (Lipinski definition) is 1. The summed E-state index contributed by atoms with van der Waals surface area (Å²) in [7, 11) is 0. The molecule has 0 saturated heterocycles. The second kappa shape index (κ2) is 10.4. The summed E-state index contributed by atoms with van der Waals surface area (Å²) in [6, 6.07) is 62.7. The minimum Gasteiger partial charge on any atom is -0.135 e. The van der Waals surface area contributed by atoms with Gasteiger partial charge in [0.2, 0.25) is 0 Å². The molecule has 47 heavy (non-hydrogen) atoms. The van der Waals surface area contributed by atoms with Crippen LogP contribution in [0.3, 0.4) is 0 Å². The van der Waals surface area contributed by atoms with Crippen molar-refractivity contribution in [1.29, 1.82) is 0 Å². The van der Waals surface area contributed by atoms with Crippen LogP contribution in [0.25, 0.3) is 96.6 Å². The Labute approximate surface area is 276 Å². The molecule has 10 rings (SSSR count). The predicted octanol–water partition coefficient (Wildman–Crippen LogP) is 13.7. The van der Waals surface area contributed by atoms with E-state index in [4.69, 9.17) is 0 Å². The molecule has 1 heteroatoms. The molecule has 0 aliphatic carbocycles. The molecule has 0 fully saturated rings. The largest absolute Gasteiger partial charge is 0.135 e. The fraction of sp³-hybridized carbons (Fsp3) is 0. The maximum absolute atomic E-state index is 2.40. The van der Waals surface area contributed by atoms with E-state index in [0.717, 1.165) is 0 Å². The lowest BCUT2D eigenvalue weighted by Gasteiger charge is -2.19. The molecule has 0 nitrogen and oxygen atoms in total. The third-order valence-corrected chi connectivity index (χ3v) is 11.0. The van der Waals surface area contributed by atoms with Gasteiger partial charge in [-0.3, -0.25) is 0 Å². The zero-order chi connectivity index (χ0) is 30.9. The van der Waals surface area contributed by atoms with Crippen LogP contribution in [-0.2, 0) is 0 Å². The molecule has 1 aromatic heterocycles. The number of hydrogen-bond donors (Lipinski definition) is 0. The molecule has 0 aliphatic heterocycles. The van der Waals surface area contributed by atoms with Gasteiger partial charge in [0.15, 0.2) is 0 Å². The third-order valence-electron chi connectivity index (χ3n) is 9.86. The van der Waals surface area contributed by atoms with Crippen LogP contribution >= 0.6 is 11.3 Å². The van der Waals surface area contributed by atoms with Crippen LogP contribution < -0.4 is 0 Å². The van der Waals surface area contributed by atoms with Crippen LogP contribution in [0, 0.1) is 0 Å². The van der Waals surface area contributed by atoms with Crippen molar-refractivity contribution < 1.29 is 0 Å². The lowest BCUT2D eigenvalue weighted by Crippen LogP contribution is -1.92. The van der Waals surface area contributed by atoms with E-state index in [0.29, 0.717) is 0 Å². The first-order valence-electron chi connectivity index (χ1n) is 16.2. The van der Waals surface area contributed by atoms with Crippen molar-refractivity contribution in [3.8, 4) is 33.4 Å². The van der Waals surface area contributed by atoms with E-state index < -0.39 is 0 Å². The molecule has 9 aromatic carbocycles. The highest BCUT2D eigenvalue weighted by atomic mass is 32.1. The normalized spacial score (nSPS) is 11.8. The van der Waals surface area contributed by atoms with Crippen molar-refractivity contribution >= 4 is 74.6 Å².